The van der Waals surface area contributed by atoms with Crippen LogP contribution in [0.15, 0.2) is 83.9 Å². The second-order valence-corrected chi connectivity index (χ2v) is 9.19. The summed E-state index contributed by atoms with van der Waals surface area (Å²) in [6.45, 7) is 6.23. The van der Waals surface area contributed by atoms with Gasteiger partial charge in [-0.15, -0.1) is 0 Å². The van der Waals surface area contributed by atoms with Gasteiger partial charge >= 0.3 is 0 Å². The van der Waals surface area contributed by atoms with Crippen molar-refractivity contribution in [1.82, 2.24) is 4.90 Å². The Bertz CT molecular complexity index is 1210. The quantitative estimate of drug-likeness (QED) is 0.384. The molecule has 5 heteroatoms. The standard InChI is InChI=1S/C31H35N3O2/c1-4-34(5-2)31(36)25-19-17-23(18-20-25)29(28-16-9-10-21-32-28)26-14-11-15-27(22-26)33(3)30(35)24-12-7-6-8-13-24/h6-8,11-15,17-20,22,29H,4-5,9-10,16,21H2,1-3H3. The highest BCUT2D eigenvalue weighted by molar-refractivity contribution is 6.06. The third kappa shape index (κ3) is 5.56. The van der Waals surface area contributed by atoms with E-state index in [0.717, 1.165) is 42.6 Å². The van der Waals surface area contributed by atoms with Gasteiger partial charge in [-0.05, 0) is 80.6 Å². The summed E-state index contributed by atoms with van der Waals surface area (Å²) in [4.78, 5) is 34.3. The average molecular weight is 482 g/mol. The molecule has 3 aromatic carbocycles. The van der Waals surface area contributed by atoms with Crippen molar-refractivity contribution in [3.05, 3.63) is 101 Å². The fourth-order valence-electron chi connectivity index (χ4n) is 4.85. The van der Waals surface area contributed by atoms with E-state index in [1.165, 1.54) is 5.71 Å². The molecule has 0 saturated heterocycles. The lowest BCUT2D eigenvalue weighted by atomic mass is 9.83. The first kappa shape index (κ1) is 25.4. The fraction of sp³-hybridized carbons (Fsp3) is 0.323. The third-order valence-corrected chi connectivity index (χ3v) is 6.95. The van der Waals surface area contributed by atoms with Crippen molar-refractivity contribution in [3.63, 3.8) is 0 Å². The summed E-state index contributed by atoms with van der Waals surface area (Å²) in [5.41, 5.74) is 5.58. The van der Waals surface area contributed by atoms with Gasteiger partial charge in [-0.2, -0.15) is 0 Å². The van der Waals surface area contributed by atoms with Gasteiger partial charge in [-0.1, -0.05) is 42.5 Å². The molecule has 0 N–H and O–H groups in total. The molecule has 1 unspecified atom stereocenters. The summed E-state index contributed by atoms with van der Waals surface area (Å²) in [5.74, 6) is 0.00260. The van der Waals surface area contributed by atoms with Gasteiger partial charge in [0.15, 0.2) is 0 Å². The van der Waals surface area contributed by atoms with Gasteiger partial charge in [0.25, 0.3) is 11.8 Å². The molecule has 2 amide bonds. The van der Waals surface area contributed by atoms with Crippen molar-refractivity contribution in [2.45, 2.75) is 39.0 Å². The predicted octanol–water partition coefficient (Wildman–Crippen LogP) is 6.20. The Morgan fingerprint density at radius 1 is 0.806 bits per heavy atom. The minimum absolute atomic E-state index is 0.0110. The van der Waals surface area contributed by atoms with Gasteiger partial charge in [0.05, 0.1) is 0 Å². The van der Waals surface area contributed by atoms with Crippen LogP contribution in [0.25, 0.3) is 0 Å². The Labute approximate surface area is 214 Å². The molecule has 5 nitrogen and oxygen atoms in total. The van der Waals surface area contributed by atoms with Crippen molar-refractivity contribution in [2.24, 2.45) is 4.99 Å². The maximum atomic E-state index is 13.1. The van der Waals surface area contributed by atoms with E-state index in [4.69, 9.17) is 4.99 Å². The number of nitrogens with zero attached hydrogens (tertiary/aromatic N) is 3. The molecule has 0 spiro atoms. The first-order chi connectivity index (χ1) is 17.5. The van der Waals surface area contributed by atoms with Crippen molar-refractivity contribution >= 4 is 23.2 Å². The lowest BCUT2D eigenvalue weighted by Crippen LogP contribution is -2.30. The molecule has 1 aliphatic heterocycles. The first-order valence-electron chi connectivity index (χ1n) is 12.9. The minimum atomic E-state index is -0.0430. The number of amides is 2. The molecule has 36 heavy (non-hydrogen) atoms. The molecule has 0 aliphatic carbocycles. The summed E-state index contributed by atoms with van der Waals surface area (Å²) in [7, 11) is 1.81. The van der Waals surface area contributed by atoms with Crippen molar-refractivity contribution in [1.29, 1.82) is 0 Å². The van der Waals surface area contributed by atoms with Gasteiger partial charge in [-0.3, -0.25) is 14.6 Å². The number of anilines is 1. The lowest BCUT2D eigenvalue weighted by Gasteiger charge is -2.25. The van der Waals surface area contributed by atoms with Crippen LogP contribution < -0.4 is 4.90 Å². The fourth-order valence-corrected chi connectivity index (χ4v) is 4.85. The Hall–Kier alpha value is -3.73. The van der Waals surface area contributed by atoms with Crippen LogP contribution in [-0.2, 0) is 0 Å². The molecule has 0 saturated carbocycles. The number of hydrogen-bond donors (Lipinski definition) is 0. The van der Waals surface area contributed by atoms with E-state index in [1.54, 1.807) is 4.90 Å². The lowest BCUT2D eigenvalue weighted by molar-refractivity contribution is 0.0772. The van der Waals surface area contributed by atoms with Crippen molar-refractivity contribution in [2.75, 3.05) is 31.6 Å². The Kier molecular flexibility index (Phi) is 8.32. The molecule has 1 aliphatic rings. The van der Waals surface area contributed by atoms with E-state index in [0.29, 0.717) is 24.2 Å². The third-order valence-electron chi connectivity index (χ3n) is 6.95. The Balaban J connectivity index is 1.68. The monoisotopic (exact) mass is 481 g/mol. The number of rotatable bonds is 8. The molecule has 0 fully saturated rings. The topological polar surface area (TPSA) is 53.0 Å². The zero-order chi connectivity index (χ0) is 25.5. The normalized spacial score (nSPS) is 14.0. The molecule has 0 bridgehead atoms. The van der Waals surface area contributed by atoms with E-state index in [1.807, 2.05) is 80.4 Å². The summed E-state index contributed by atoms with van der Waals surface area (Å²) < 4.78 is 0. The smallest absolute Gasteiger partial charge is 0.258 e. The van der Waals surface area contributed by atoms with Crippen LogP contribution in [0.4, 0.5) is 5.69 Å². The van der Waals surface area contributed by atoms with E-state index < -0.39 is 0 Å². The molecule has 0 radical (unpaired) electrons. The molecule has 186 valence electrons. The number of hydrogen-bond acceptors (Lipinski definition) is 3. The number of aliphatic imine (C=N–C) groups is 1. The molecule has 1 heterocycles. The number of benzene rings is 3. The second-order valence-electron chi connectivity index (χ2n) is 9.19. The highest BCUT2D eigenvalue weighted by atomic mass is 16.2. The van der Waals surface area contributed by atoms with Gasteiger partial charge < -0.3 is 9.80 Å². The molecule has 4 rings (SSSR count). The first-order valence-corrected chi connectivity index (χ1v) is 12.9. The van der Waals surface area contributed by atoms with Gasteiger partial charge in [0.1, 0.15) is 0 Å². The van der Waals surface area contributed by atoms with Crippen LogP contribution in [-0.4, -0.2) is 49.1 Å². The van der Waals surface area contributed by atoms with Gasteiger partial charge in [0.2, 0.25) is 0 Å². The van der Waals surface area contributed by atoms with Crippen LogP contribution in [0.5, 0.6) is 0 Å². The van der Waals surface area contributed by atoms with Crippen molar-refractivity contribution < 1.29 is 9.59 Å². The van der Waals surface area contributed by atoms with Crippen LogP contribution >= 0.6 is 0 Å². The zero-order valence-corrected chi connectivity index (χ0v) is 21.5. The molecule has 3 aromatic rings. The second kappa shape index (κ2) is 11.8. The average Bonchev–Trinajstić information content (AvgIpc) is 2.94. The Morgan fingerprint density at radius 2 is 1.50 bits per heavy atom. The minimum Gasteiger partial charge on any atom is -0.339 e. The highest BCUT2D eigenvalue weighted by Gasteiger charge is 2.24. The Morgan fingerprint density at radius 3 is 2.14 bits per heavy atom. The van der Waals surface area contributed by atoms with Crippen molar-refractivity contribution in [3.8, 4) is 0 Å². The van der Waals surface area contributed by atoms with Gasteiger partial charge in [0, 0.05) is 55.1 Å². The maximum Gasteiger partial charge on any atom is 0.258 e. The maximum absolute atomic E-state index is 13.1. The van der Waals surface area contributed by atoms with Crippen LogP contribution in [0.3, 0.4) is 0 Å². The molecule has 0 aromatic heterocycles. The molecular weight excluding hydrogens is 446 g/mol. The van der Waals surface area contributed by atoms with E-state index in [9.17, 15) is 9.59 Å². The van der Waals surface area contributed by atoms with Crippen LogP contribution in [0.2, 0.25) is 0 Å². The van der Waals surface area contributed by atoms with E-state index >= 15 is 0 Å². The predicted molar refractivity (Wildman–Crippen MR) is 147 cm³/mol. The number of carbonyl (C=O) groups is 2. The summed E-state index contributed by atoms with van der Waals surface area (Å²) in [5, 5.41) is 0. The molecular formula is C31H35N3O2. The van der Waals surface area contributed by atoms with Crippen LogP contribution in [0.1, 0.15) is 70.9 Å². The van der Waals surface area contributed by atoms with Gasteiger partial charge in [-0.25, -0.2) is 0 Å². The SMILES string of the molecule is CCN(CC)C(=O)c1ccc(C(C2=NCCCC2)c2cccc(N(C)C(=O)c3ccccc3)c2)cc1. The van der Waals surface area contributed by atoms with Crippen LogP contribution in [0, 0.1) is 0 Å². The van der Waals surface area contributed by atoms with E-state index in [-0.39, 0.29) is 17.7 Å². The molecule has 1 atom stereocenters. The zero-order valence-electron chi connectivity index (χ0n) is 21.5. The highest BCUT2D eigenvalue weighted by Crippen LogP contribution is 2.32. The van der Waals surface area contributed by atoms with E-state index in [2.05, 4.69) is 24.3 Å². The summed E-state index contributed by atoms with van der Waals surface area (Å²) in [6, 6.07) is 25.5. The summed E-state index contributed by atoms with van der Waals surface area (Å²) in [6.07, 6.45) is 3.19. The largest absolute Gasteiger partial charge is 0.339 e. The number of carbonyl (C=O) groups excluding carboxylic acids is 2. The summed E-state index contributed by atoms with van der Waals surface area (Å²) >= 11 is 0.